The van der Waals surface area contributed by atoms with Crippen LogP contribution in [0.1, 0.15) is 49.3 Å². The van der Waals surface area contributed by atoms with Crippen LogP contribution < -0.4 is 4.74 Å². The van der Waals surface area contributed by atoms with Crippen LogP contribution in [0, 0.1) is 22.9 Å². The molecule has 9 heteroatoms. The van der Waals surface area contributed by atoms with Crippen molar-refractivity contribution in [2.75, 3.05) is 33.4 Å². The van der Waals surface area contributed by atoms with E-state index in [-0.39, 0.29) is 24.0 Å². The number of halogens is 4. The highest BCUT2D eigenvalue weighted by molar-refractivity contribution is 6.32. The largest absolute Gasteiger partial charge is 0.497 e. The van der Waals surface area contributed by atoms with Gasteiger partial charge in [-0.1, -0.05) is 11.6 Å². The summed E-state index contributed by atoms with van der Waals surface area (Å²) < 4.78 is 46.1. The molecular formula is C28H32ClF3N2O3. The van der Waals surface area contributed by atoms with Gasteiger partial charge in [-0.3, -0.25) is 4.98 Å². The Morgan fingerprint density at radius 3 is 2.62 bits per heavy atom. The van der Waals surface area contributed by atoms with Crippen LogP contribution in [0.3, 0.4) is 0 Å². The number of likely N-dealkylation sites (tertiary alicyclic amines) is 1. The molecule has 0 aliphatic carbocycles. The molecule has 0 spiro atoms. The van der Waals surface area contributed by atoms with Crippen molar-refractivity contribution in [1.29, 1.82) is 0 Å². The van der Waals surface area contributed by atoms with Gasteiger partial charge in [0.2, 0.25) is 0 Å². The molecule has 0 saturated carbocycles. The maximum Gasteiger partial charge on any atom is 0.162 e. The van der Waals surface area contributed by atoms with Gasteiger partial charge in [-0.2, -0.15) is 0 Å². The Balaban J connectivity index is 1.33. The van der Waals surface area contributed by atoms with Crippen LogP contribution in [0.2, 0.25) is 5.02 Å². The maximum absolute atomic E-state index is 13.9. The third-order valence-electron chi connectivity index (χ3n) is 7.59. The van der Waals surface area contributed by atoms with Crippen LogP contribution in [0.4, 0.5) is 13.2 Å². The van der Waals surface area contributed by atoms with E-state index >= 15 is 0 Å². The van der Waals surface area contributed by atoms with Crippen molar-refractivity contribution in [3.05, 3.63) is 70.1 Å². The van der Waals surface area contributed by atoms with Gasteiger partial charge in [0.15, 0.2) is 11.6 Å². The minimum Gasteiger partial charge on any atom is -0.497 e. The van der Waals surface area contributed by atoms with E-state index in [4.69, 9.17) is 16.3 Å². The Morgan fingerprint density at radius 2 is 1.92 bits per heavy atom. The Bertz CT molecular complexity index is 1240. The van der Waals surface area contributed by atoms with Crippen molar-refractivity contribution in [3.63, 3.8) is 0 Å². The molecule has 2 N–H and O–H groups in total. The summed E-state index contributed by atoms with van der Waals surface area (Å²) in [6.45, 7) is 2.17. The first-order valence-electron chi connectivity index (χ1n) is 12.5. The number of rotatable bonds is 10. The molecule has 4 rings (SSSR count). The summed E-state index contributed by atoms with van der Waals surface area (Å²) in [6, 6.07) is 7.05. The number of pyridine rings is 1. The quantitative estimate of drug-likeness (QED) is 0.319. The fraction of sp³-hybridized carbons (Fsp3) is 0.464. The van der Waals surface area contributed by atoms with Crippen molar-refractivity contribution in [3.8, 4) is 5.75 Å². The lowest BCUT2D eigenvalue weighted by Gasteiger charge is -2.41. The molecule has 5 nitrogen and oxygen atoms in total. The lowest BCUT2D eigenvalue weighted by Crippen LogP contribution is -2.42. The van der Waals surface area contributed by atoms with Crippen LogP contribution in [0.25, 0.3) is 10.9 Å². The zero-order chi connectivity index (χ0) is 26.6. The Morgan fingerprint density at radius 1 is 1.16 bits per heavy atom. The van der Waals surface area contributed by atoms with Crippen molar-refractivity contribution in [2.24, 2.45) is 5.41 Å². The number of fused-ring (bicyclic) bond motifs is 1. The molecule has 1 atom stereocenters. The molecular weight excluding hydrogens is 505 g/mol. The predicted molar refractivity (Wildman–Crippen MR) is 137 cm³/mol. The highest BCUT2D eigenvalue weighted by Gasteiger charge is 2.34. The average Bonchev–Trinajstić information content (AvgIpc) is 2.90. The van der Waals surface area contributed by atoms with E-state index in [0.29, 0.717) is 53.7 Å². The summed E-state index contributed by atoms with van der Waals surface area (Å²) in [6.07, 6.45) is 4.08. The number of piperidine rings is 1. The summed E-state index contributed by atoms with van der Waals surface area (Å²) in [7, 11) is 1.58. The molecule has 2 heterocycles. The van der Waals surface area contributed by atoms with Gasteiger partial charge in [0.05, 0.1) is 23.8 Å². The fourth-order valence-electron chi connectivity index (χ4n) is 5.24. The van der Waals surface area contributed by atoms with Gasteiger partial charge < -0.3 is 19.8 Å². The van der Waals surface area contributed by atoms with Crippen LogP contribution in [0.15, 0.2) is 36.5 Å². The lowest BCUT2D eigenvalue weighted by molar-refractivity contribution is 0.0234. The van der Waals surface area contributed by atoms with Crippen molar-refractivity contribution in [2.45, 2.75) is 44.6 Å². The Labute approximate surface area is 219 Å². The predicted octanol–water partition coefficient (Wildman–Crippen LogP) is 5.84. The SMILES string of the molecule is COc1ccc2ncc(Cl)c([C@@H](O)CCC3(CO)CCN(CCCc4cc(F)cc(F)c4F)CC3)c2c1. The second-order valence-corrected chi connectivity index (χ2v) is 10.3. The van der Waals surface area contributed by atoms with Crippen LogP contribution in [-0.2, 0) is 6.42 Å². The molecule has 1 aliphatic rings. The average molecular weight is 537 g/mol. The molecule has 2 aromatic carbocycles. The number of nitrogens with zero attached hydrogens (tertiary/aromatic N) is 2. The molecule has 3 aromatic rings. The van der Waals surface area contributed by atoms with E-state index in [2.05, 4.69) is 9.88 Å². The minimum absolute atomic E-state index is 0.0139. The van der Waals surface area contributed by atoms with Gasteiger partial charge in [-0.05, 0) is 93.4 Å². The molecule has 0 bridgehead atoms. The van der Waals surface area contributed by atoms with Gasteiger partial charge >= 0.3 is 0 Å². The van der Waals surface area contributed by atoms with Crippen molar-refractivity contribution >= 4 is 22.5 Å². The number of aliphatic hydroxyl groups excluding tert-OH is 2. The molecule has 37 heavy (non-hydrogen) atoms. The van der Waals surface area contributed by atoms with Gasteiger partial charge in [0.1, 0.15) is 11.6 Å². The number of hydrogen-bond acceptors (Lipinski definition) is 5. The Kier molecular flexibility index (Phi) is 8.95. The van der Waals surface area contributed by atoms with Gasteiger partial charge in [0.25, 0.3) is 0 Å². The Hall–Kier alpha value is -2.39. The number of ether oxygens (including phenoxy) is 1. The summed E-state index contributed by atoms with van der Waals surface area (Å²) in [4.78, 5) is 6.56. The summed E-state index contributed by atoms with van der Waals surface area (Å²) >= 11 is 6.44. The first-order chi connectivity index (χ1) is 17.7. The smallest absolute Gasteiger partial charge is 0.162 e. The van der Waals surface area contributed by atoms with Gasteiger partial charge in [0, 0.05) is 29.8 Å². The molecule has 200 valence electrons. The number of aryl methyl sites for hydroxylation is 1. The maximum atomic E-state index is 13.9. The van der Waals surface area contributed by atoms with Crippen molar-refractivity contribution in [1.82, 2.24) is 9.88 Å². The van der Waals surface area contributed by atoms with Crippen LogP contribution >= 0.6 is 11.6 Å². The number of methoxy groups -OCH3 is 1. The lowest BCUT2D eigenvalue weighted by atomic mass is 9.74. The van der Waals surface area contributed by atoms with E-state index < -0.39 is 23.6 Å². The summed E-state index contributed by atoms with van der Waals surface area (Å²) in [5.74, 6) is -2.28. The number of benzene rings is 2. The number of aliphatic hydroxyl groups is 2. The number of aromatic nitrogens is 1. The zero-order valence-corrected chi connectivity index (χ0v) is 21.6. The second-order valence-electron chi connectivity index (χ2n) is 9.92. The molecule has 0 radical (unpaired) electrons. The van der Waals surface area contributed by atoms with E-state index in [1.54, 1.807) is 19.4 Å². The van der Waals surface area contributed by atoms with E-state index in [1.165, 1.54) is 0 Å². The third kappa shape index (κ3) is 6.37. The van der Waals surface area contributed by atoms with E-state index in [0.717, 1.165) is 37.4 Å². The van der Waals surface area contributed by atoms with Crippen LogP contribution in [0.5, 0.6) is 5.75 Å². The highest BCUT2D eigenvalue weighted by Crippen LogP contribution is 2.40. The molecule has 1 aliphatic heterocycles. The topological polar surface area (TPSA) is 65.8 Å². The molecule has 0 amide bonds. The summed E-state index contributed by atoms with van der Waals surface area (Å²) in [5.41, 5.74) is 1.05. The normalized spacial score (nSPS) is 16.7. The second kappa shape index (κ2) is 12.0. The molecule has 1 saturated heterocycles. The third-order valence-corrected chi connectivity index (χ3v) is 7.89. The summed E-state index contributed by atoms with van der Waals surface area (Å²) in [5, 5.41) is 22.5. The van der Waals surface area contributed by atoms with Crippen molar-refractivity contribution < 1.29 is 28.1 Å². The highest BCUT2D eigenvalue weighted by atomic mass is 35.5. The number of hydrogen-bond donors (Lipinski definition) is 2. The van der Waals surface area contributed by atoms with Crippen LogP contribution in [-0.4, -0.2) is 53.4 Å². The van der Waals surface area contributed by atoms with E-state index in [9.17, 15) is 23.4 Å². The molecule has 0 unspecified atom stereocenters. The van der Waals surface area contributed by atoms with E-state index in [1.807, 2.05) is 12.1 Å². The standard InChI is InChI=1S/C28H32ClF3N2O3/c1-37-20-4-5-24-21(15-20)26(22(29)16-33-24)25(36)6-7-28(17-35)8-11-34(12-9-28)10-2-3-18-13-19(30)14-23(31)27(18)32/h4-5,13-16,25,35-36H,2-3,6-12,17H2,1H3/t25-/m0/s1. The zero-order valence-electron chi connectivity index (χ0n) is 20.8. The fourth-order valence-corrected chi connectivity index (χ4v) is 5.52. The monoisotopic (exact) mass is 536 g/mol. The molecule has 1 fully saturated rings. The van der Waals surface area contributed by atoms with Gasteiger partial charge in [-0.25, -0.2) is 13.2 Å². The first kappa shape index (κ1) is 27.6. The minimum atomic E-state index is -1.16. The van der Waals surface area contributed by atoms with Gasteiger partial charge in [-0.15, -0.1) is 0 Å². The first-order valence-corrected chi connectivity index (χ1v) is 12.9. The molecule has 1 aromatic heterocycles.